The fourth-order valence-electron chi connectivity index (χ4n) is 1.58. The van der Waals surface area contributed by atoms with E-state index in [0.29, 0.717) is 23.5 Å². The molecule has 0 saturated heterocycles. The van der Waals surface area contributed by atoms with Gasteiger partial charge in [-0.15, -0.1) is 11.6 Å². The van der Waals surface area contributed by atoms with E-state index < -0.39 is 12.2 Å². The summed E-state index contributed by atoms with van der Waals surface area (Å²) in [6.07, 6.45) is -0.171. The molecule has 2 N–H and O–H groups in total. The summed E-state index contributed by atoms with van der Waals surface area (Å²) in [6.45, 7) is 0. The third-order valence-corrected chi connectivity index (χ3v) is 2.76. The lowest BCUT2D eigenvalue weighted by molar-refractivity contribution is 0.0144. The molecule has 2 aromatic rings. The minimum atomic E-state index is -1.05. The van der Waals surface area contributed by atoms with E-state index in [1.807, 2.05) is 24.3 Å². The molecular formula is C12H13ClN2O2. The molecule has 0 fully saturated rings. The molecule has 0 aliphatic carbocycles. The Hall–Kier alpha value is -1.23. The molecule has 1 aromatic heterocycles. The van der Waals surface area contributed by atoms with Crippen LogP contribution in [0.25, 0.3) is 11.0 Å². The fraction of sp³-hybridized carbons (Fsp3) is 0.333. The van der Waals surface area contributed by atoms with Crippen molar-refractivity contribution in [2.75, 3.05) is 5.88 Å². The molecule has 2 rings (SSSR count). The van der Waals surface area contributed by atoms with Crippen LogP contribution in [-0.2, 0) is 0 Å². The first-order valence-electron chi connectivity index (χ1n) is 5.36. The van der Waals surface area contributed by atoms with Gasteiger partial charge >= 0.3 is 0 Å². The first-order chi connectivity index (χ1) is 8.22. The largest absolute Gasteiger partial charge is 0.390 e. The zero-order chi connectivity index (χ0) is 12.3. The van der Waals surface area contributed by atoms with Crippen molar-refractivity contribution in [2.45, 2.75) is 18.6 Å². The number of halogens is 1. The molecule has 0 bridgehead atoms. The third-order valence-electron chi connectivity index (χ3n) is 2.54. The molecule has 17 heavy (non-hydrogen) atoms. The summed E-state index contributed by atoms with van der Waals surface area (Å²) in [5.41, 5.74) is 1.82. The van der Waals surface area contributed by atoms with E-state index in [4.69, 9.17) is 11.6 Å². The molecule has 0 aliphatic rings. The quantitative estimate of drug-likeness (QED) is 0.812. The number of aliphatic hydroxyl groups excluding tert-OH is 2. The lowest BCUT2D eigenvalue weighted by Crippen LogP contribution is -2.19. The van der Waals surface area contributed by atoms with Crippen LogP contribution >= 0.6 is 11.6 Å². The average Bonchev–Trinajstić information content (AvgIpc) is 2.37. The highest BCUT2D eigenvalue weighted by Crippen LogP contribution is 2.19. The van der Waals surface area contributed by atoms with E-state index >= 15 is 0 Å². The van der Waals surface area contributed by atoms with Gasteiger partial charge in [0.2, 0.25) is 0 Å². The Morgan fingerprint density at radius 2 is 1.88 bits per heavy atom. The maximum Gasteiger partial charge on any atom is 0.123 e. The van der Waals surface area contributed by atoms with E-state index in [0.717, 1.165) is 5.52 Å². The highest BCUT2D eigenvalue weighted by Gasteiger charge is 2.19. The second-order valence-corrected chi connectivity index (χ2v) is 4.15. The minimum Gasteiger partial charge on any atom is -0.390 e. The van der Waals surface area contributed by atoms with Crippen molar-refractivity contribution in [3.05, 3.63) is 36.2 Å². The van der Waals surface area contributed by atoms with Gasteiger partial charge in [-0.2, -0.15) is 0 Å². The molecule has 0 aliphatic heterocycles. The van der Waals surface area contributed by atoms with Crippen molar-refractivity contribution in [3.63, 3.8) is 0 Å². The van der Waals surface area contributed by atoms with E-state index in [2.05, 4.69) is 9.97 Å². The first-order valence-corrected chi connectivity index (χ1v) is 5.89. The van der Waals surface area contributed by atoms with Crippen molar-refractivity contribution in [2.24, 2.45) is 0 Å². The van der Waals surface area contributed by atoms with Gasteiger partial charge < -0.3 is 10.2 Å². The van der Waals surface area contributed by atoms with Gasteiger partial charge in [0.25, 0.3) is 0 Å². The fourth-order valence-corrected chi connectivity index (χ4v) is 1.80. The van der Waals surface area contributed by atoms with Crippen molar-refractivity contribution < 1.29 is 10.2 Å². The van der Waals surface area contributed by atoms with Gasteiger partial charge in [-0.1, -0.05) is 12.1 Å². The molecule has 4 nitrogen and oxygen atoms in total. The first kappa shape index (κ1) is 12.2. The van der Waals surface area contributed by atoms with Crippen molar-refractivity contribution in [1.29, 1.82) is 0 Å². The molecule has 0 amide bonds. The standard InChI is InChI=1S/C12H13ClN2O2/c13-6-5-11(16)12(17)10-7-14-8-3-1-2-4-9(8)15-10/h1-4,7,11-12,16-17H,5-6H2. The Morgan fingerprint density at radius 3 is 2.59 bits per heavy atom. The molecule has 1 heterocycles. The molecule has 2 unspecified atom stereocenters. The number of benzene rings is 1. The average molecular weight is 253 g/mol. The number of aromatic nitrogens is 2. The Bertz CT molecular complexity index is 507. The van der Waals surface area contributed by atoms with Gasteiger partial charge in [-0.05, 0) is 18.6 Å². The zero-order valence-corrected chi connectivity index (χ0v) is 9.88. The Labute approximate surface area is 104 Å². The number of hydrogen-bond donors (Lipinski definition) is 2. The summed E-state index contributed by atoms with van der Waals surface area (Å²) in [7, 11) is 0. The van der Waals surface area contributed by atoms with Crippen LogP contribution in [0.15, 0.2) is 30.5 Å². The number of fused-ring (bicyclic) bond motifs is 1. The van der Waals surface area contributed by atoms with Gasteiger partial charge in [0.05, 0.1) is 29.0 Å². The molecule has 0 radical (unpaired) electrons. The van der Waals surface area contributed by atoms with Crippen LogP contribution < -0.4 is 0 Å². The molecular weight excluding hydrogens is 240 g/mol. The summed E-state index contributed by atoms with van der Waals surface area (Å²) in [5, 5.41) is 19.5. The Morgan fingerprint density at radius 1 is 1.18 bits per heavy atom. The summed E-state index contributed by atoms with van der Waals surface area (Å²) in [6, 6.07) is 7.37. The van der Waals surface area contributed by atoms with Gasteiger partial charge in [-0.25, -0.2) is 4.98 Å². The van der Waals surface area contributed by atoms with Crippen LogP contribution in [0.4, 0.5) is 0 Å². The lowest BCUT2D eigenvalue weighted by atomic mass is 10.1. The summed E-state index contributed by atoms with van der Waals surface area (Å²) >= 11 is 5.52. The minimum absolute atomic E-state index is 0.291. The van der Waals surface area contributed by atoms with Gasteiger partial charge in [0, 0.05) is 5.88 Å². The van der Waals surface area contributed by atoms with Crippen LogP contribution in [-0.4, -0.2) is 32.2 Å². The molecule has 0 saturated carbocycles. The smallest absolute Gasteiger partial charge is 0.123 e. The summed E-state index contributed by atoms with van der Waals surface area (Å²) < 4.78 is 0. The number of aliphatic hydroxyl groups is 2. The third kappa shape index (κ3) is 2.72. The molecule has 1 aromatic carbocycles. The SMILES string of the molecule is OC(CCCl)C(O)c1cnc2ccccc2n1. The molecule has 0 spiro atoms. The normalized spacial score (nSPS) is 14.8. The maximum atomic E-state index is 9.87. The maximum absolute atomic E-state index is 9.87. The van der Waals surface area contributed by atoms with Gasteiger partial charge in [-0.3, -0.25) is 4.98 Å². The molecule has 2 atom stereocenters. The highest BCUT2D eigenvalue weighted by molar-refractivity contribution is 6.17. The Kier molecular flexibility index (Phi) is 3.89. The van der Waals surface area contributed by atoms with Crippen LogP contribution in [0.2, 0.25) is 0 Å². The van der Waals surface area contributed by atoms with Crippen LogP contribution in [0.3, 0.4) is 0 Å². The van der Waals surface area contributed by atoms with E-state index in [1.54, 1.807) is 0 Å². The van der Waals surface area contributed by atoms with E-state index in [-0.39, 0.29) is 0 Å². The summed E-state index contributed by atoms with van der Waals surface area (Å²) in [5.74, 6) is 0.291. The zero-order valence-electron chi connectivity index (χ0n) is 9.12. The second kappa shape index (κ2) is 5.40. The van der Waals surface area contributed by atoms with Crippen molar-refractivity contribution in [1.82, 2.24) is 9.97 Å². The molecule has 5 heteroatoms. The van der Waals surface area contributed by atoms with E-state index in [9.17, 15) is 10.2 Å². The lowest BCUT2D eigenvalue weighted by Gasteiger charge is -2.16. The summed E-state index contributed by atoms with van der Waals surface area (Å²) in [4.78, 5) is 8.44. The monoisotopic (exact) mass is 252 g/mol. The topological polar surface area (TPSA) is 66.2 Å². The Balaban J connectivity index is 2.29. The number of nitrogens with zero attached hydrogens (tertiary/aromatic N) is 2. The van der Waals surface area contributed by atoms with Crippen LogP contribution in [0.1, 0.15) is 18.2 Å². The van der Waals surface area contributed by atoms with Crippen molar-refractivity contribution >= 4 is 22.6 Å². The number of alkyl halides is 1. The predicted molar refractivity (Wildman–Crippen MR) is 65.8 cm³/mol. The number of para-hydroxylation sites is 2. The van der Waals surface area contributed by atoms with Crippen LogP contribution in [0.5, 0.6) is 0 Å². The van der Waals surface area contributed by atoms with Gasteiger partial charge in [0.15, 0.2) is 0 Å². The van der Waals surface area contributed by atoms with E-state index in [1.165, 1.54) is 6.20 Å². The number of hydrogen-bond acceptors (Lipinski definition) is 4. The molecule has 90 valence electrons. The number of rotatable bonds is 4. The highest BCUT2D eigenvalue weighted by atomic mass is 35.5. The van der Waals surface area contributed by atoms with Crippen LogP contribution in [0, 0.1) is 0 Å². The van der Waals surface area contributed by atoms with Crippen molar-refractivity contribution in [3.8, 4) is 0 Å². The predicted octanol–water partition coefficient (Wildman–Crippen LogP) is 1.65. The van der Waals surface area contributed by atoms with Gasteiger partial charge in [0.1, 0.15) is 6.10 Å². The second-order valence-electron chi connectivity index (χ2n) is 3.77.